The maximum absolute atomic E-state index is 11.4. The second-order valence-electron chi connectivity index (χ2n) is 3.78. The van der Waals surface area contributed by atoms with Crippen LogP contribution in [0.1, 0.15) is 26.7 Å². The van der Waals surface area contributed by atoms with Crippen LogP contribution in [0.5, 0.6) is 0 Å². The lowest BCUT2D eigenvalue weighted by molar-refractivity contribution is -0.137. The molecule has 6 nitrogen and oxygen atoms in total. The molecule has 0 fully saturated rings. The Labute approximate surface area is 94.6 Å². The largest absolute Gasteiger partial charge is 0.481 e. The Morgan fingerprint density at radius 2 is 1.94 bits per heavy atom. The molecule has 0 aliphatic carbocycles. The second-order valence-corrected chi connectivity index (χ2v) is 3.78. The summed E-state index contributed by atoms with van der Waals surface area (Å²) in [4.78, 5) is 33.8. The predicted molar refractivity (Wildman–Crippen MR) is 57.8 cm³/mol. The van der Waals surface area contributed by atoms with E-state index < -0.39 is 5.97 Å². The lowest BCUT2D eigenvalue weighted by Gasteiger charge is -2.17. The molecule has 0 bridgehead atoms. The van der Waals surface area contributed by atoms with Gasteiger partial charge in [0.05, 0.1) is 6.54 Å². The highest BCUT2D eigenvalue weighted by Crippen LogP contribution is 1.96. The Hall–Kier alpha value is -1.59. The van der Waals surface area contributed by atoms with Crippen molar-refractivity contribution in [1.82, 2.24) is 10.2 Å². The molecule has 92 valence electrons. The zero-order valence-electron chi connectivity index (χ0n) is 9.82. The van der Waals surface area contributed by atoms with Gasteiger partial charge in [0.2, 0.25) is 11.8 Å². The zero-order valence-corrected chi connectivity index (χ0v) is 9.82. The number of carboxylic acid groups (broad SMARTS) is 1. The fraction of sp³-hybridized carbons (Fsp3) is 0.700. The summed E-state index contributed by atoms with van der Waals surface area (Å²) in [7, 11) is 1.53. The smallest absolute Gasteiger partial charge is 0.303 e. The lowest BCUT2D eigenvalue weighted by Crippen LogP contribution is -2.41. The van der Waals surface area contributed by atoms with E-state index in [0.29, 0.717) is 6.42 Å². The number of hydrogen-bond acceptors (Lipinski definition) is 3. The first-order valence-corrected chi connectivity index (χ1v) is 5.05. The fourth-order valence-electron chi connectivity index (χ4n) is 1.06. The molecule has 0 aromatic rings. The molecule has 0 aromatic heterocycles. The SMILES string of the molecule is CC(=O)N(C)CC(=O)NC(C)CCC(=O)O. The van der Waals surface area contributed by atoms with Crippen molar-refractivity contribution in [3.63, 3.8) is 0 Å². The van der Waals surface area contributed by atoms with Gasteiger partial charge < -0.3 is 15.3 Å². The van der Waals surface area contributed by atoms with Gasteiger partial charge in [0.25, 0.3) is 0 Å². The van der Waals surface area contributed by atoms with E-state index in [4.69, 9.17) is 5.11 Å². The third-order valence-corrected chi connectivity index (χ3v) is 2.12. The minimum absolute atomic E-state index is 0.00720. The van der Waals surface area contributed by atoms with Crippen molar-refractivity contribution in [2.24, 2.45) is 0 Å². The number of carboxylic acids is 1. The Balaban J connectivity index is 3.86. The van der Waals surface area contributed by atoms with E-state index in [1.165, 1.54) is 18.9 Å². The van der Waals surface area contributed by atoms with Gasteiger partial charge in [-0.1, -0.05) is 0 Å². The molecule has 2 N–H and O–H groups in total. The molecule has 0 saturated carbocycles. The average Bonchev–Trinajstić information content (AvgIpc) is 2.14. The maximum Gasteiger partial charge on any atom is 0.303 e. The number of likely N-dealkylation sites (N-methyl/N-ethyl adjacent to an activating group) is 1. The summed E-state index contributed by atoms with van der Waals surface area (Å²) < 4.78 is 0. The number of nitrogens with zero attached hydrogens (tertiary/aromatic N) is 1. The van der Waals surface area contributed by atoms with E-state index in [1.54, 1.807) is 6.92 Å². The third-order valence-electron chi connectivity index (χ3n) is 2.12. The van der Waals surface area contributed by atoms with Gasteiger partial charge in [-0.3, -0.25) is 14.4 Å². The first-order chi connectivity index (χ1) is 7.32. The first-order valence-electron chi connectivity index (χ1n) is 5.05. The highest BCUT2D eigenvalue weighted by Gasteiger charge is 2.12. The standard InChI is InChI=1S/C10H18N2O4/c1-7(4-5-10(15)16)11-9(14)6-12(3)8(2)13/h7H,4-6H2,1-3H3,(H,11,14)(H,15,16). The van der Waals surface area contributed by atoms with Crippen molar-refractivity contribution < 1.29 is 19.5 Å². The van der Waals surface area contributed by atoms with E-state index in [-0.39, 0.29) is 30.8 Å². The Bertz CT molecular complexity index is 278. The van der Waals surface area contributed by atoms with Crippen LogP contribution in [0.3, 0.4) is 0 Å². The third kappa shape index (κ3) is 6.80. The van der Waals surface area contributed by atoms with E-state index in [1.807, 2.05) is 0 Å². The van der Waals surface area contributed by atoms with E-state index in [0.717, 1.165) is 0 Å². The van der Waals surface area contributed by atoms with Crippen LogP contribution < -0.4 is 5.32 Å². The Morgan fingerprint density at radius 3 is 2.38 bits per heavy atom. The van der Waals surface area contributed by atoms with Crippen molar-refractivity contribution >= 4 is 17.8 Å². The quantitative estimate of drug-likeness (QED) is 0.663. The number of amides is 2. The van der Waals surface area contributed by atoms with Gasteiger partial charge in [0, 0.05) is 26.4 Å². The summed E-state index contributed by atoms with van der Waals surface area (Å²) in [6.45, 7) is 3.10. The molecular weight excluding hydrogens is 212 g/mol. The molecule has 0 aromatic carbocycles. The molecule has 0 saturated heterocycles. The van der Waals surface area contributed by atoms with Gasteiger partial charge in [-0.05, 0) is 13.3 Å². The molecular formula is C10H18N2O4. The Morgan fingerprint density at radius 1 is 1.38 bits per heavy atom. The van der Waals surface area contributed by atoms with Crippen LogP contribution in [0, 0.1) is 0 Å². The Kier molecular flexibility index (Phi) is 6.14. The van der Waals surface area contributed by atoms with Gasteiger partial charge in [-0.2, -0.15) is 0 Å². The van der Waals surface area contributed by atoms with E-state index in [9.17, 15) is 14.4 Å². The molecule has 0 spiro atoms. The van der Waals surface area contributed by atoms with Crippen molar-refractivity contribution in [2.45, 2.75) is 32.7 Å². The molecule has 0 heterocycles. The molecule has 6 heteroatoms. The van der Waals surface area contributed by atoms with Crippen molar-refractivity contribution in [1.29, 1.82) is 0 Å². The van der Waals surface area contributed by atoms with Crippen LogP contribution in [0.4, 0.5) is 0 Å². The number of carbonyl (C=O) groups is 3. The van der Waals surface area contributed by atoms with Crippen LogP contribution >= 0.6 is 0 Å². The summed E-state index contributed by atoms with van der Waals surface area (Å²) in [5.74, 6) is -1.36. The molecule has 1 unspecified atom stereocenters. The minimum atomic E-state index is -0.887. The topological polar surface area (TPSA) is 86.7 Å². The van der Waals surface area contributed by atoms with Crippen LogP contribution in [0.2, 0.25) is 0 Å². The number of nitrogens with one attached hydrogen (secondary N) is 1. The minimum Gasteiger partial charge on any atom is -0.481 e. The maximum atomic E-state index is 11.4. The molecule has 0 rings (SSSR count). The summed E-state index contributed by atoms with van der Waals surface area (Å²) in [5.41, 5.74) is 0. The molecule has 0 radical (unpaired) electrons. The molecule has 0 aliphatic heterocycles. The van der Waals surface area contributed by atoms with E-state index >= 15 is 0 Å². The van der Waals surface area contributed by atoms with Crippen LogP contribution in [0.15, 0.2) is 0 Å². The summed E-state index contributed by atoms with van der Waals surface area (Å²) in [6.07, 6.45) is 0.398. The first kappa shape index (κ1) is 14.4. The van der Waals surface area contributed by atoms with Gasteiger partial charge >= 0.3 is 5.97 Å². The molecule has 16 heavy (non-hydrogen) atoms. The second kappa shape index (κ2) is 6.81. The molecule has 0 aliphatic rings. The number of aliphatic carboxylic acids is 1. The number of rotatable bonds is 6. The van der Waals surface area contributed by atoms with E-state index in [2.05, 4.69) is 5.32 Å². The summed E-state index contributed by atoms with van der Waals surface area (Å²) in [5, 5.41) is 11.1. The zero-order chi connectivity index (χ0) is 12.7. The lowest BCUT2D eigenvalue weighted by atomic mass is 10.2. The summed E-state index contributed by atoms with van der Waals surface area (Å²) in [6, 6.07) is -0.205. The van der Waals surface area contributed by atoms with Crippen LogP contribution in [-0.2, 0) is 14.4 Å². The average molecular weight is 230 g/mol. The van der Waals surface area contributed by atoms with Gasteiger partial charge in [-0.15, -0.1) is 0 Å². The molecule has 1 atom stereocenters. The molecule has 2 amide bonds. The van der Waals surface area contributed by atoms with Gasteiger partial charge in [0.15, 0.2) is 0 Å². The predicted octanol–water partition coefficient (Wildman–Crippen LogP) is -0.166. The van der Waals surface area contributed by atoms with Gasteiger partial charge in [-0.25, -0.2) is 0 Å². The van der Waals surface area contributed by atoms with Crippen LogP contribution in [-0.4, -0.2) is 47.4 Å². The fourth-order valence-corrected chi connectivity index (χ4v) is 1.06. The highest BCUT2D eigenvalue weighted by atomic mass is 16.4. The number of carbonyl (C=O) groups excluding carboxylic acids is 2. The van der Waals surface area contributed by atoms with Crippen molar-refractivity contribution in [3.05, 3.63) is 0 Å². The normalized spacial score (nSPS) is 11.7. The monoisotopic (exact) mass is 230 g/mol. The number of hydrogen-bond donors (Lipinski definition) is 2. The summed E-state index contributed by atoms with van der Waals surface area (Å²) >= 11 is 0. The van der Waals surface area contributed by atoms with Crippen molar-refractivity contribution in [2.75, 3.05) is 13.6 Å². The van der Waals surface area contributed by atoms with Gasteiger partial charge in [0.1, 0.15) is 0 Å². The highest BCUT2D eigenvalue weighted by molar-refractivity contribution is 5.83. The van der Waals surface area contributed by atoms with Crippen molar-refractivity contribution in [3.8, 4) is 0 Å². The van der Waals surface area contributed by atoms with Crippen LogP contribution in [0.25, 0.3) is 0 Å².